The van der Waals surface area contributed by atoms with E-state index in [0.717, 1.165) is 63.7 Å². The Labute approximate surface area is 149 Å². The van der Waals surface area contributed by atoms with Crippen molar-refractivity contribution in [1.82, 2.24) is 9.62 Å². The Morgan fingerprint density at radius 2 is 1.72 bits per heavy atom. The smallest absolute Gasteiger partial charge is 0.240 e. The van der Waals surface area contributed by atoms with Crippen molar-refractivity contribution >= 4 is 10.0 Å². The summed E-state index contributed by atoms with van der Waals surface area (Å²) < 4.78 is 40.4. The number of aliphatic hydroxyl groups is 1. The minimum absolute atomic E-state index is 0.0906. The highest BCUT2D eigenvalue weighted by Crippen LogP contribution is 2.29. The SMILES string of the molecule is O=S(=O)(NC1CCN(CC2(O)CCCCC2)CC1)c1ccc(F)cc1. The largest absolute Gasteiger partial charge is 0.389 e. The van der Waals surface area contributed by atoms with Crippen LogP contribution >= 0.6 is 0 Å². The summed E-state index contributed by atoms with van der Waals surface area (Å²) in [4.78, 5) is 2.33. The molecule has 0 radical (unpaired) electrons. The van der Waals surface area contributed by atoms with Gasteiger partial charge in [0.2, 0.25) is 10.0 Å². The van der Waals surface area contributed by atoms with Crippen LogP contribution in [0.2, 0.25) is 0 Å². The summed E-state index contributed by atoms with van der Waals surface area (Å²) in [6, 6.07) is 4.76. The second-order valence-electron chi connectivity index (χ2n) is 7.41. The van der Waals surface area contributed by atoms with E-state index in [9.17, 15) is 17.9 Å². The lowest BCUT2D eigenvalue weighted by atomic mass is 9.84. The predicted octanol–water partition coefficient (Wildman–Crippen LogP) is 2.26. The van der Waals surface area contributed by atoms with E-state index in [1.807, 2.05) is 0 Å². The molecule has 0 atom stereocenters. The van der Waals surface area contributed by atoms with Crippen molar-refractivity contribution in [2.24, 2.45) is 0 Å². The summed E-state index contributed by atoms with van der Waals surface area (Å²) in [6.45, 7) is 2.24. The van der Waals surface area contributed by atoms with Gasteiger partial charge in [-0.25, -0.2) is 17.5 Å². The third-order valence-electron chi connectivity index (χ3n) is 5.34. The van der Waals surface area contributed by atoms with Gasteiger partial charge in [-0.15, -0.1) is 0 Å². The van der Waals surface area contributed by atoms with E-state index in [2.05, 4.69) is 9.62 Å². The van der Waals surface area contributed by atoms with Crippen LogP contribution in [0, 0.1) is 5.82 Å². The van der Waals surface area contributed by atoms with Crippen LogP contribution in [0.25, 0.3) is 0 Å². The zero-order valence-corrected chi connectivity index (χ0v) is 15.3. The Morgan fingerprint density at radius 3 is 2.32 bits per heavy atom. The van der Waals surface area contributed by atoms with Crippen LogP contribution in [-0.2, 0) is 10.0 Å². The molecular formula is C18H27FN2O3S. The Hall–Kier alpha value is -1.02. The molecule has 1 aliphatic carbocycles. The number of hydrogen-bond acceptors (Lipinski definition) is 4. The van der Waals surface area contributed by atoms with Gasteiger partial charge in [0.1, 0.15) is 5.82 Å². The van der Waals surface area contributed by atoms with Crippen molar-refractivity contribution in [3.05, 3.63) is 30.1 Å². The van der Waals surface area contributed by atoms with E-state index in [4.69, 9.17) is 0 Å². The van der Waals surface area contributed by atoms with Gasteiger partial charge < -0.3 is 10.0 Å². The van der Waals surface area contributed by atoms with Crippen molar-refractivity contribution < 1.29 is 17.9 Å². The lowest BCUT2D eigenvalue weighted by molar-refractivity contribution is -0.0309. The normalized spacial score (nSPS) is 22.8. The lowest BCUT2D eigenvalue weighted by Gasteiger charge is -2.40. The molecule has 0 amide bonds. The van der Waals surface area contributed by atoms with Gasteiger partial charge in [0.25, 0.3) is 0 Å². The highest BCUT2D eigenvalue weighted by molar-refractivity contribution is 7.89. The van der Waals surface area contributed by atoms with Crippen LogP contribution in [0.3, 0.4) is 0 Å². The third-order valence-corrected chi connectivity index (χ3v) is 6.87. The van der Waals surface area contributed by atoms with Gasteiger partial charge in [0.05, 0.1) is 10.5 Å². The molecule has 2 aliphatic rings. The van der Waals surface area contributed by atoms with Crippen molar-refractivity contribution in [1.29, 1.82) is 0 Å². The molecule has 1 aliphatic heterocycles. The van der Waals surface area contributed by atoms with E-state index >= 15 is 0 Å². The fraction of sp³-hybridized carbons (Fsp3) is 0.667. The van der Waals surface area contributed by atoms with Gasteiger partial charge in [-0.2, -0.15) is 0 Å². The zero-order chi connectivity index (χ0) is 17.9. The topological polar surface area (TPSA) is 69.6 Å². The van der Waals surface area contributed by atoms with Gasteiger partial charge >= 0.3 is 0 Å². The Morgan fingerprint density at radius 1 is 1.12 bits per heavy atom. The maximum absolute atomic E-state index is 13.0. The van der Waals surface area contributed by atoms with Crippen molar-refractivity contribution in [2.45, 2.75) is 61.5 Å². The molecule has 7 heteroatoms. The van der Waals surface area contributed by atoms with Gasteiger partial charge in [-0.1, -0.05) is 19.3 Å². The number of nitrogens with one attached hydrogen (secondary N) is 1. The molecule has 0 spiro atoms. The Bertz CT molecular complexity index is 664. The average molecular weight is 370 g/mol. The highest BCUT2D eigenvalue weighted by atomic mass is 32.2. The number of piperidine rings is 1. The molecular weight excluding hydrogens is 343 g/mol. The molecule has 1 saturated heterocycles. The van der Waals surface area contributed by atoms with Crippen LogP contribution in [0.4, 0.5) is 4.39 Å². The molecule has 1 aromatic rings. The fourth-order valence-electron chi connectivity index (χ4n) is 3.89. The van der Waals surface area contributed by atoms with Crippen LogP contribution in [0.1, 0.15) is 44.9 Å². The van der Waals surface area contributed by atoms with Gasteiger partial charge in [-0.05, 0) is 63.0 Å². The molecule has 0 unspecified atom stereocenters. The minimum Gasteiger partial charge on any atom is -0.389 e. The standard InChI is InChI=1S/C18H27FN2O3S/c19-15-4-6-17(7-5-15)25(23,24)20-16-8-12-21(13-9-16)14-18(22)10-2-1-3-11-18/h4-7,16,20,22H,1-3,8-14H2. The number of benzene rings is 1. The average Bonchev–Trinajstić information content (AvgIpc) is 2.57. The second-order valence-corrected chi connectivity index (χ2v) is 9.12. The van der Waals surface area contributed by atoms with Gasteiger partial charge in [0.15, 0.2) is 0 Å². The molecule has 3 rings (SSSR count). The monoisotopic (exact) mass is 370 g/mol. The quantitative estimate of drug-likeness (QED) is 0.834. The fourth-order valence-corrected chi connectivity index (χ4v) is 5.20. The van der Waals surface area contributed by atoms with E-state index in [-0.39, 0.29) is 10.9 Å². The number of nitrogens with zero attached hydrogens (tertiary/aromatic N) is 1. The first-order valence-electron chi connectivity index (χ1n) is 9.09. The number of sulfonamides is 1. The number of rotatable bonds is 5. The molecule has 2 fully saturated rings. The molecule has 1 saturated carbocycles. The first-order valence-corrected chi connectivity index (χ1v) is 10.6. The van der Waals surface area contributed by atoms with Crippen LogP contribution in [-0.4, -0.2) is 49.7 Å². The summed E-state index contributed by atoms with van der Waals surface area (Å²) in [5.41, 5.74) is -0.571. The number of hydrogen-bond donors (Lipinski definition) is 2. The maximum atomic E-state index is 13.0. The van der Waals surface area contributed by atoms with Crippen molar-refractivity contribution in [3.8, 4) is 0 Å². The summed E-state index contributed by atoms with van der Waals surface area (Å²) in [5.74, 6) is -0.451. The molecule has 1 heterocycles. The van der Waals surface area contributed by atoms with Crippen LogP contribution < -0.4 is 4.72 Å². The van der Waals surface area contributed by atoms with E-state index in [0.29, 0.717) is 6.54 Å². The second kappa shape index (κ2) is 7.70. The number of halogens is 1. The summed E-state index contributed by atoms with van der Waals surface area (Å²) >= 11 is 0. The molecule has 0 aromatic heterocycles. The van der Waals surface area contributed by atoms with Crippen molar-refractivity contribution in [3.63, 3.8) is 0 Å². The highest BCUT2D eigenvalue weighted by Gasteiger charge is 2.33. The molecule has 140 valence electrons. The summed E-state index contributed by atoms with van der Waals surface area (Å²) in [5, 5.41) is 10.7. The first kappa shape index (κ1) is 18.8. The van der Waals surface area contributed by atoms with Crippen LogP contribution in [0.15, 0.2) is 29.2 Å². The minimum atomic E-state index is -3.62. The predicted molar refractivity (Wildman–Crippen MR) is 94.2 cm³/mol. The molecule has 0 bridgehead atoms. The van der Waals surface area contributed by atoms with Gasteiger partial charge in [0, 0.05) is 12.6 Å². The first-order chi connectivity index (χ1) is 11.9. The Kier molecular flexibility index (Phi) is 5.78. The number of likely N-dealkylation sites (tertiary alicyclic amines) is 1. The zero-order valence-electron chi connectivity index (χ0n) is 14.5. The Balaban J connectivity index is 1.51. The molecule has 25 heavy (non-hydrogen) atoms. The van der Waals surface area contributed by atoms with E-state index in [1.165, 1.54) is 18.6 Å². The molecule has 5 nitrogen and oxygen atoms in total. The van der Waals surface area contributed by atoms with Crippen LogP contribution in [0.5, 0.6) is 0 Å². The summed E-state index contributed by atoms with van der Waals surface area (Å²) in [7, 11) is -3.62. The summed E-state index contributed by atoms with van der Waals surface area (Å²) in [6.07, 6.45) is 6.55. The molecule has 2 N–H and O–H groups in total. The number of β-amino-alcohol motifs (C(OH)–C–C–N with tert-alkyl or cyclic N) is 1. The van der Waals surface area contributed by atoms with E-state index < -0.39 is 21.4 Å². The maximum Gasteiger partial charge on any atom is 0.240 e. The molecule has 1 aromatic carbocycles. The van der Waals surface area contributed by atoms with Gasteiger partial charge in [-0.3, -0.25) is 0 Å². The lowest BCUT2D eigenvalue weighted by Crippen LogP contribution is -2.50. The third kappa shape index (κ3) is 5.00. The van der Waals surface area contributed by atoms with Crippen molar-refractivity contribution in [2.75, 3.05) is 19.6 Å². The van der Waals surface area contributed by atoms with E-state index in [1.54, 1.807) is 0 Å².